The average Bonchev–Trinajstić information content (AvgIpc) is 2.71. The number of rotatable bonds is 7. The summed E-state index contributed by atoms with van der Waals surface area (Å²) in [6.45, 7) is 4.90. The third-order valence-corrected chi connectivity index (χ3v) is 6.60. The number of amides is 3. The molecule has 0 aromatic heterocycles. The lowest BCUT2D eigenvalue weighted by molar-refractivity contribution is -0.130. The number of piperazine rings is 1. The number of hydrogen-bond donors (Lipinski definition) is 1. The van der Waals surface area contributed by atoms with Crippen molar-refractivity contribution in [2.45, 2.75) is 25.2 Å². The van der Waals surface area contributed by atoms with Crippen molar-refractivity contribution in [1.29, 1.82) is 0 Å². The maximum Gasteiger partial charge on any atom is 0.254 e. The number of sulfonamides is 1. The molecule has 1 saturated heterocycles. The Labute approximate surface area is 171 Å². The molecule has 3 amide bonds. The van der Waals surface area contributed by atoms with E-state index in [0.717, 1.165) is 6.42 Å². The second-order valence-electron chi connectivity index (χ2n) is 6.95. The standard InChI is InChI=1S/C19H28N4O5S/c1-4-8-20-18(25)14-21(3)19(26)16-6-5-7-17(13-16)29(27,28)23-11-9-22(10-12-23)15(2)24/h5-7,13H,4,8-12,14H2,1-3H3,(H,20,25). The first kappa shape index (κ1) is 22.8. The van der Waals surface area contributed by atoms with Gasteiger partial charge in [0.1, 0.15) is 0 Å². The maximum atomic E-state index is 12.9. The Balaban J connectivity index is 2.10. The molecule has 0 atom stereocenters. The fourth-order valence-electron chi connectivity index (χ4n) is 3.01. The lowest BCUT2D eigenvalue weighted by Gasteiger charge is -2.33. The van der Waals surface area contributed by atoms with E-state index in [1.165, 1.54) is 47.4 Å². The Morgan fingerprint density at radius 2 is 1.79 bits per heavy atom. The van der Waals surface area contributed by atoms with E-state index in [1.807, 2.05) is 6.92 Å². The molecule has 0 spiro atoms. The van der Waals surface area contributed by atoms with E-state index in [4.69, 9.17) is 0 Å². The van der Waals surface area contributed by atoms with Gasteiger partial charge in [-0.15, -0.1) is 0 Å². The highest BCUT2D eigenvalue weighted by atomic mass is 32.2. The molecule has 1 aliphatic rings. The third-order valence-electron chi connectivity index (χ3n) is 4.70. The molecule has 1 N–H and O–H groups in total. The van der Waals surface area contributed by atoms with Crippen LogP contribution >= 0.6 is 0 Å². The number of nitrogens with one attached hydrogen (secondary N) is 1. The van der Waals surface area contributed by atoms with Crippen LogP contribution in [0.5, 0.6) is 0 Å². The van der Waals surface area contributed by atoms with E-state index in [0.29, 0.717) is 19.6 Å². The summed E-state index contributed by atoms with van der Waals surface area (Å²) in [7, 11) is -2.29. The van der Waals surface area contributed by atoms with Crippen LogP contribution < -0.4 is 5.32 Å². The second kappa shape index (κ2) is 9.84. The van der Waals surface area contributed by atoms with E-state index < -0.39 is 15.9 Å². The molecule has 2 rings (SSSR count). The number of carbonyl (C=O) groups is 3. The van der Waals surface area contributed by atoms with Crippen LogP contribution in [-0.4, -0.2) is 86.6 Å². The number of carbonyl (C=O) groups excluding carboxylic acids is 3. The highest BCUT2D eigenvalue weighted by Crippen LogP contribution is 2.19. The van der Waals surface area contributed by atoms with Gasteiger partial charge in [0.15, 0.2) is 0 Å². The van der Waals surface area contributed by atoms with Gasteiger partial charge in [0, 0.05) is 52.3 Å². The van der Waals surface area contributed by atoms with Crippen molar-refractivity contribution in [2.24, 2.45) is 0 Å². The van der Waals surface area contributed by atoms with Gasteiger partial charge in [0.2, 0.25) is 21.8 Å². The predicted molar refractivity (Wildman–Crippen MR) is 108 cm³/mol. The molecule has 1 aromatic rings. The molecule has 9 nitrogen and oxygen atoms in total. The van der Waals surface area contributed by atoms with E-state index >= 15 is 0 Å². The van der Waals surface area contributed by atoms with E-state index in [-0.39, 0.29) is 41.9 Å². The van der Waals surface area contributed by atoms with Gasteiger partial charge in [-0.3, -0.25) is 14.4 Å². The molecule has 10 heteroatoms. The Bertz CT molecular complexity index is 863. The van der Waals surface area contributed by atoms with Crippen molar-refractivity contribution in [1.82, 2.24) is 19.4 Å². The zero-order valence-corrected chi connectivity index (χ0v) is 17.9. The lowest BCUT2D eigenvalue weighted by atomic mass is 10.2. The molecular formula is C19H28N4O5S. The summed E-state index contributed by atoms with van der Waals surface area (Å²) >= 11 is 0. The predicted octanol–water partition coefficient (Wildman–Crippen LogP) is 0.138. The Kier molecular flexibility index (Phi) is 7.74. The summed E-state index contributed by atoms with van der Waals surface area (Å²) < 4.78 is 27.2. The molecule has 1 aromatic carbocycles. The monoisotopic (exact) mass is 424 g/mol. The Morgan fingerprint density at radius 1 is 1.14 bits per heavy atom. The van der Waals surface area contributed by atoms with Crippen molar-refractivity contribution in [3.8, 4) is 0 Å². The summed E-state index contributed by atoms with van der Waals surface area (Å²) in [5, 5.41) is 2.70. The molecule has 0 unspecified atom stereocenters. The number of nitrogens with zero attached hydrogens (tertiary/aromatic N) is 3. The van der Waals surface area contributed by atoms with Crippen LogP contribution in [-0.2, 0) is 19.6 Å². The van der Waals surface area contributed by atoms with Gasteiger partial charge in [-0.2, -0.15) is 4.31 Å². The Morgan fingerprint density at radius 3 is 2.38 bits per heavy atom. The highest BCUT2D eigenvalue weighted by Gasteiger charge is 2.30. The first-order valence-electron chi connectivity index (χ1n) is 9.54. The number of benzene rings is 1. The van der Waals surface area contributed by atoms with E-state index in [9.17, 15) is 22.8 Å². The van der Waals surface area contributed by atoms with E-state index in [2.05, 4.69) is 5.32 Å². The third kappa shape index (κ3) is 5.77. The highest BCUT2D eigenvalue weighted by molar-refractivity contribution is 7.89. The van der Waals surface area contributed by atoms with Crippen LogP contribution in [0.4, 0.5) is 0 Å². The van der Waals surface area contributed by atoms with Gasteiger partial charge in [0.05, 0.1) is 11.4 Å². The normalized spacial score (nSPS) is 15.1. The van der Waals surface area contributed by atoms with Gasteiger partial charge >= 0.3 is 0 Å². The molecule has 160 valence electrons. The van der Waals surface area contributed by atoms with Crippen LogP contribution in [0.25, 0.3) is 0 Å². The molecule has 29 heavy (non-hydrogen) atoms. The zero-order chi connectivity index (χ0) is 21.6. The van der Waals surface area contributed by atoms with Gasteiger partial charge in [-0.1, -0.05) is 13.0 Å². The lowest BCUT2D eigenvalue weighted by Crippen LogP contribution is -2.49. The molecule has 0 bridgehead atoms. The van der Waals surface area contributed by atoms with Crippen LogP contribution in [0.2, 0.25) is 0 Å². The van der Waals surface area contributed by atoms with Crippen molar-refractivity contribution >= 4 is 27.7 Å². The van der Waals surface area contributed by atoms with E-state index in [1.54, 1.807) is 4.90 Å². The van der Waals surface area contributed by atoms with Crippen molar-refractivity contribution in [2.75, 3.05) is 46.3 Å². The molecular weight excluding hydrogens is 396 g/mol. The molecule has 0 radical (unpaired) electrons. The summed E-state index contributed by atoms with van der Waals surface area (Å²) in [6, 6.07) is 5.80. The van der Waals surface area contributed by atoms with Crippen LogP contribution in [0.3, 0.4) is 0 Å². The quantitative estimate of drug-likeness (QED) is 0.670. The fraction of sp³-hybridized carbons (Fsp3) is 0.526. The first-order chi connectivity index (χ1) is 13.7. The number of likely N-dealkylation sites (N-methyl/N-ethyl adjacent to an activating group) is 1. The smallest absolute Gasteiger partial charge is 0.254 e. The van der Waals surface area contributed by atoms with Crippen LogP contribution in [0, 0.1) is 0 Å². The van der Waals surface area contributed by atoms with Crippen LogP contribution in [0.1, 0.15) is 30.6 Å². The van der Waals surface area contributed by atoms with Gasteiger partial charge in [0.25, 0.3) is 5.91 Å². The number of hydrogen-bond acceptors (Lipinski definition) is 5. The van der Waals surface area contributed by atoms with Crippen molar-refractivity contribution < 1.29 is 22.8 Å². The first-order valence-corrected chi connectivity index (χ1v) is 11.0. The summed E-state index contributed by atoms with van der Waals surface area (Å²) in [5.74, 6) is -0.787. The molecule has 0 saturated carbocycles. The van der Waals surface area contributed by atoms with Gasteiger partial charge in [-0.05, 0) is 24.6 Å². The average molecular weight is 425 g/mol. The largest absolute Gasteiger partial charge is 0.355 e. The Hall–Kier alpha value is -2.46. The van der Waals surface area contributed by atoms with Gasteiger partial charge in [-0.25, -0.2) is 8.42 Å². The van der Waals surface area contributed by atoms with Crippen molar-refractivity contribution in [3.05, 3.63) is 29.8 Å². The second-order valence-corrected chi connectivity index (χ2v) is 8.89. The minimum Gasteiger partial charge on any atom is -0.355 e. The topological polar surface area (TPSA) is 107 Å². The molecule has 1 aliphatic heterocycles. The molecule has 1 fully saturated rings. The summed E-state index contributed by atoms with van der Waals surface area (Å²) in [4.78, 5) is 38.7. The minimum atomic E-state index is -3.78. The summed E-state index contributed by atoms with van der Waals surface area (Å²) in [5.41, 5.74) is 0.194. The molecule has 1 heterocycles. The van der Waals surface area contributed by atoms with Crippen LogP contribution in [0.15, 0.2) is 29.2 Å². The zero-order valence-electron chi connectivity index (χ0n) is 17.1. The SMILES string of the molecule is CCCNC(=O)CN(C)C(=O)c1cccc(S(=O)(=O)N2CCN(C(C)=O)CC2)c1. The molecule has 0 aliphatic carbocycles. The maximum absolute atomic E-state index is 12.9. The summed E-state index contributed by atoms with van der Waals surface area (Å²) in [6.07, 6.45) is 0.796. The van der Waals surface area contributed by atoms with Crippen molar-refractivity contribution in [3.63, 3.8) is 0 Å². The fourth-order valence-corrected chi connectivity index (χ4v) is 4.48. The van der Waals surface area contributed by atoms with Gasteiger partial charge < -0.3 is 15.1 Å². The minimum absolute atomic E-state index is 0.0171.